The summed E-state index contributed by atoms with van der Waals surface area (Å²) in [6.07, 6.45) is 1.12. The minimum atomic E-state index is 0.496. The zero-order chi connectivity index (χ0) is 15.1. The van der Waals surface area contributed by atoms with Crippen molar-refractivity contribution < 1.29 is 9.47 Å². The molecule has 0 spiro atoms. The lowest BCUT2D eigenvalue weighted by Crippen LogP contribution is -2.25. The van der Waals surface area contributed by atoms with Gasteiger partial charge >= 0.3 is 0 Å². The molecule has 0 aromatic heterocycles. The maximum Gasteiger partial charge on any atom is 0.124 e. The molecule has 21 heavy (non-hydrogen) atoms. The van der Waals surface area contributed by atoms with Crippen LogP contribution in [0.3, 0.4) is 0 Å². The van der Waals surface area contributed by atoms with E-state index in [1.165, 1.54) is 16.3 Å². The van der Waals surface area contributed by atoms with Crippen molar-refractivity contribution in [1.29, 1.82) is 0 Å². The van der Waals surface area contributed by atoms with Gasteiger partial charge in [-0.05, 0) is 30.2 Å². The number of nitrogens with one attached hydrogen (secondary N) is 1. The van der Waals surface area contributed by atoms with Crippen LogP contribution in [0.25, 0.3) is 10.8 Å². The molecule has 0 radical (unpaired) electrons. The molecule has 2 aromatic carbocycles. The van der Waals surface area contributed by atoms with Crippen LogP contribution < -0.4 is 10.1 Å². The standard InChI is InChI=1S/C18H25NO2/c1-4-14(2)19-13-17-16-8-6-5-7-15(16)9-10-18(17)21-12-11-20-3/h5-10,14,19H,4,11-13H2,1-3H3. The fourth-order valence-corrected chi connectivity index (χ4v) is 2.29. The zero-order valence-corrected chi connectivity index (χ0v) is 13.2. The van der Waals surface area contributed by atoms with Crippen LogP contribution in [0.4, 0.5) is 0 Å². The first kappa shape index (κ1) is 15.8. The van der Waals surface area contributed by atoms with Gasteiger partial charge in [-0.2, -0.15) is 0 Å². The summed E-state index contributed by atoms with van der Waals surface area (Å²) < 4.78 is 11.0. The number of hydrogen-bond donors (Lipinski definition) is 1. The average molecular weight is 287 g/mol. The summed E-state index contributed by atoms with van der Waals surface area (Å²) in [5.41, 5.74) is 1.23. The number of methoxy groups -OCH3 is 1. The molecule has 0 aliphatic rings. The van der Waals surface area contributed by atoms with E-state index in [0.29, 0.717) is 19.3 Å². The highest BCUT2D eigenvalue weighted by Crippen LogP contribution is 2.28. The quantitative estimate of drug-likeness (QED) is 0.750. The van der Waals surface area contributed by atoms with Gasteiger partial charge in [0.25, 0.3) is 0 Å². The third kappa shape index (κ3) is 4.19. The normalized spacial score (nSPS) is 12.5. The lowest BCUT2D eigenvalue weighted by molar-refractivity contribution is 0.146. The van der Waals surface area contributed by atoms with Gasteiger partial charge in [-0.1, -0.05) is 37.3 Å². The van der Waals surface area contributed by atoms with Gasteiger partial charge in [0.1, 0.15) is 12.4 Å². The Morgan fingerprint density at radius 3 is 2.67 bits per heavy atom. The molecule has 1 N–H and O–H groups in total. The van der Waals surface area contributed by atoms with Gasteiger partial charge in [0, 0.05) is 25.3 Å². The molecular formula is C18H25NO2. The van der Waals surface area contributed by atoms with E-state index in [2.05, 4.69) is 55.6 Å². The highest BCUT2D eigenvalue weighted by Gasteiger charge is 2.10. The molecule has 2 aromatic rings. The van der Waals surface area contributed by atoms with Gasteiger partial charge in [0.15, 0.2) is 0 Å². The highest BCUT2D eigenvalue weighted by atomic mass is 16.5. The van der Waals surface area contributed by atoms with Gasteiger partial charge < -0.3 is 14.8 Å². The fourth-order valence-electron chi connectivity index (χ4n) is 2.29. The number of benzene rings is 2. The topological polar surface area (TPSA) is 30.5 Å². The van der Waals surface area contributed by atoms with E-state index in [1.807, 2.05) is 0 Å². The molecule has 0 aliphatic carbocycles. The molecule has 114 valence electrons. The second-order valence-corrected chi connectivity index (χ2v) is 5.29. The Morgan fingerprint density at radius 1 is 1.10 bits per heavy atom. The zero-order valence-electron chi connectivity index (χ0n) is 13.2. The number of hydrogen-bond acceptors (Lipinski definition) is 3. The summed E-state index contributed by atoms with van der Waals surface area (Å²) in [5, 5.41) is 6.06. The van der Waals surface area contributed by atoms with E-state index < -0.39 is 0 Å². The van der Waals surface area contributed by atoms with Crippen LogP contribution in [0.2, 0.25) is 0 Å². The first-order valence-electron chi connectivity index (χ1n) is 7.62. The molecule has 0 bridgehead atoms. The van der Waals surface area contributed by atoms with Crippen LogP contribution in [0.5, 0.6) is 5.75 Å². The molecule has 0 heterocycles. The smallest absolute Gasteiger partial charge is 0.124 e. The van der Waals surface area contributed by atoms with Gasteiger partial charge in [0.2, 0.25) is 0 Å². The third-order valence-electron chi connectivity index (χ3n) is 3.78. The van der Waals surface area contributed by atoms with Gasteiger partial charge in [-0.25, -0.2) is 0 Å². The van der Waals surface area contributed by atoms with Crippen LogP contribution in [-0.2, 0) is 11.3 Å². The van der Waals surface area contributed by atoms with E-state index >= 15 is 0 Å². The summed E-state index contributed by atoms with van der Waals surface area (Å²) in [6, 6.07) is 13.1. The van der Waals surface area contributed by atoms with E-state index in [9.17, 15) is 0 Å². The summed E-state index contributed by atoms with van der Waals surface area (Å²) >= 11 is 0. The largest absolute Gasteiger partial charge is 0.491 e. The molecule has 3 heteroatoms. The van der Waals surface area contributed by atoms with Crippen LogP contribution >= 0.6 is 0 Å². The monoisotopic (exact) mass is 287 g/mol. The Kier molecular flexibility index (Phi) is 6.03. The molecule has 1 atom stereocenters. The van der Waals surface area contributed by atoms with Crippen molar-refractivity contribution in [3.8, 4) is 5.75 Å². The van der Waals surface area contributed by atoms with Crippen molar-refractivity contribution in [1.82, 2.24) is 5.32 Å². The molecule has 0 amide bonds. The van der Waals surface area contributed by atoms with Gasteiger partial charge in [0.05, 0.1) is 6.61 Å². The SMILES string of the molecule is CCC(C)NCc1c(OCCOC)ccc2ccccc12. The summed E-state index contributed by atoms with van der Waals surface area (Å²) in [6.45, 7) is 6.39. The molecule has 3 nitrogen and oxygen atoms in total. The number of fused-ring (bicyclic) bond motifs is 1. The van der Waals surface area contributed by atoms with E-state index in [1.54, 1.807) is 7.11 Å². The summed E-state index contributed by atoms with van der Waals surface area (Å²) in [7, 11) is 1.69. The minimum absolute atomic E-state index is 0.496. The van der Waals surface area contributed by atoms with E-state index in [4.69, 9.17) is 9.47 Å². The predicted octanol–water partition coefficient (Wildman–Crippen LogP) is 3.75. The molecule has 0 saturated carbocycles. The van der Waals surface area contributed by atoms with Crippen molar-refractivity contribution in [3.63, 3.8) is 0 Å². The molecule has 1 unspecified atom stereocenters. The van der Waals surface area contributed by atoms with Crippen molar-refractivity contribution >= 4 is 10.8 Å². The Labute approximate surface area is 127 Å². The van der Waals surface area contributed by atoms with Crippen LogP contribution in [0, 0.1) is 0 Å². The maximum absolute atomic E-state index is 5.89. The predicted molar refractivity (Wildman–Crippen MR) is 87.9 cm³/mol. The Balaban J connectivity index is 2.27. The average Bonchev–Trinajstić information content (AvgIpc) is 2.53. The lowest BCUT2D eigenvalue weighted by atomic mass is 10.0. The van der Waals surface area contributed by atoms with Crippen molar-refractivity contribution in [2.75, 3.05) is 20.3 Å². The maximum atomic E-state index is 5.89. The lowest BCUT2D eigenvalue weighted by Gasteiger charge is -2.17. The summed E-state index contributed by atoms with van der Waals surface area (Å²) in [5.74, 6) is 0.946. The first-order chi connectivity index (χ1) is 10.3. The Morgan fingerprint density at radius 2 is 1.90 bits per heavy atom. The number of ether oxygens (including phenoxy) is 2. The van der Waals surface area contributed by atoms with E-state index in [0.717, 1.165) is 18.7 Å². The minimum Gasteiger partial charge on any atom is -0.491 e. The van der Waals surface area contributed by atoms with Gasteiger partial charge in [-0.15, -0.1) is 0 Å². The second kappa shape index (κ2) is 8.01. The first-order valence-corrected chi connectivity index (χ1v) is 7.62. The fraction of sp³-hybridized carbons (Fsp3) is 0.444. The van der Waals surface area contributed by atoms with E-state index in [-0.39, 0.29) is 0 Å². The number of rotatable bonds is 8. The molecule has 0 aliphatic heterocycles. The molecule has 2 rings (SSSR count). The van der Waals surface area contributed by atoms with Crippen molar-refractivity contribution in [2.24, 2.45) is 0 Å². The third-order valence-corrected chi connectivity index (χ3v) is 3.78. The van der Waals surface area contributed by atoms with Crippen LogP contribution in [0.1, 0.15) is 25.8 Å². The molecular weight excluding hydrogens is 262 g/mol. The molecule has 0 saturated heterocycles. The van der Waals surface area contributed by atoms with Gasteiger partial charge in [-0.3, -0.25) is 0 Å². The van der Waals surface area contributed by atoms with Crippen molar-refractivity contribution in [2.45, 2.75) is 32.9 Å². The van der Waals surface area contributed by atoms with Crippen LogP contribution in [-0.4, -0.2) is 26.4 Å². The second-order valence-electron chi connectivity index (χ2n) is 5.29. The Bertz CT molecular complexity index is 568. The van der Waals surface area contributed by atoms with Crippen LogP contribution in [0.15, 0.2) is 36.4 Å². The molecule has 0 fully saturated rings. The summed E-state index contributed by atoms with van der Waals surface area (Å²) in [4.78, 5) is 0. The van der Waals surface area contributed by atoms with Crippen molar-refractivity contribution in [3.05, 3.63) is 42.0 Å². The highest BCUT2D eigenvalue weighted by molar-refractivity contribution is 5.87. The Hall–Kier alpha value is -1.58.